The molecule has 0 radical (unpaired) electrons. The van der Waals surface area contributed by atoms with Gasteiger partial charge in [-0.3, -0.25) is 0 Å². The fourth-order valence-electron chi connectivity index (χ4n) is 3.28. The van der Waals surface area contributed by atoms with Crippen molar-refractivity contribution in [3.63, 3.8) is 0 Å². The monoisotopic (exact) mass is 254 g/mol. The zero-order chi connectivity index (χ0) is 12.6. The third-order valence-electron chi connectivity index (χ3n) is 4.36. The molecule has 2 rings (SSSR count). The summed E-state index contributed by atoms with van der Waals surface area (Å²) in [4.78, 5) is 4.52. The highest BCUT2D eigenvalue weighted by Gasteiger charge is 2.41. The van der Waals surface area contributed by atoms with Crippen LogP contribution in [-0.2, 0) is 12.5 Å². The number of halogens is 1. The molecule has 1 saturated carbocycles. The van der Waals surface area contributed by atoms with Crippen LogP contribution in [0.25, 0.3) is 0 Å². The lowest BCUT2D eigenvalue weighted by atomic mass is 9.68. The summed E-state index contributed by atoms with van der Waals surface area (Å²) in [5, 5.41) is 0.283. The third kappa shape index (κ3) is 2.37. The van der Waals surface area contributed by atoms with Gasteiger partial charge in [0, 0.05) is 30.2 Å². The summed E-state index contributed by atoms with van der Waals surface area (Å²) in [6.45, 7) is 6.87. The molecule has 0 aromatic carbocycles. The minimum absolute atomic E-state index is 0.0603. The highest BCUT2D eigenvalue weighted by Crippen LogP contribution is 2.43. The topological polar surface area (TPSA) is 17.8 Å². The van der Waals surface area contributed by atoms with E-state index in [0.717, 1.165) is 18.2 Å². The van der Waals surface area contributed by atoms with Crippen LogP contribution >= 0.6 is 11.6 Å². The zero-order valence-corrected chi connectivity index (χ0v) is 12.0. The summed E-state index contributed by atoms with van der Waals surface area (Å²) in [6.07, 6.45) is 7.55. The molecule has 1 aliphatic carbocycles. The second-order valence-corrected chi connectivity index (χ2v) is 6.68. The summed E-state index contributed by atoms with van der Waals surface area (Å²) in [7, 11) is 2.07. The van der Waals surface area contributed by atoms with Crippen molar-refractivity contribution in [2.75, 3.05) is 0 Å². The van der Waals surface area contributed by atoms with Crippen LogP contribution in [0.1, 0.15) is 45.9 Å². The summed E-state index contributed by atoms with van der Waals surface area (Å²) >= 11 is 6.59. The van der Waals surface area contributed by atoms with Crippen LogP contribution in [0.2, 0.25) is 0 Å². The predicted molar refractivity (Wildman–Crippen MR) is 72.4 cm³/mol. The first-order valence-electron chi connectivity index (χ1n) is 6.54. The number of imidazole rings is 1. The largest absolute Gasteiger partial charge is 0.338 e. The maximum Gasteiger partial charge on any atom is 0.114 e. The van der Waals surface area contributed by atoms with Gasteiger partial charge in [-0.15, -0.1) is 11.6 Å². The first kappa shape index (κ1) is 12.9. The summed E-state index contributed by atoms with van der Waals surface area (Å²) in [6, 6.07) is 0. The van der Waals surface area contributed by atoms with Crippen LogP contribution in [0.5, 0.6) is 0 Å². The van der Waals surface area contributed by atoms with E-state index in [1.54, 1.807) is 0 Å². The fraction of sp³-hybridized carbons (Fsp3) is 0.786. The van der Waals surface area contributed by atoms with E-state index in [4.69, 9.17) is 11.6 Å². The first-order chi connectivity index (χ1) is 7.93. The van der Waals surface area contributed by atoms with Gasteiger partial charge in [0.25, 0.3) is 0 Å². The molecule has 3 unspecified atom stereocenters. The van der Waals surface area contributed by atoms with Gasteiger partial charge in [-0.2, -0.15) is 0 Å². The quantitative estimate of drug-likeness (QED) is 0.736. The van der Waals surface area contributed by atoms with Gasteiger partial charge in [0.05, 0.1) is 0 Å². The van der Waals surface area contributed by atoms with Crippen molar-refractivity contribution in [2.45, 2.75) is 50.8 Å². The van der Waals surface area contributed by atoms with E-state index in [-0.39, 0.29) is 10.8 Å². The average molecular weight is 255 g/mol. The van der Waals surface area contributed by atoms with Crippen molar-refractivity contribution in [3.8, 4) is 0 Å². The van der Waals surface area contributed by atoms with Gasteiger partial charge >= 0.3 is 0 Å². The molecular formula is C14H23ClN2. The molecule has 0 saturated heterocycles. The number of aryl methyl sites for hydroxylation is 1. The molecule has 2 nitrogen and oxygen atoms in total. The fourth-order valence-corrected chi connectivity index (χ4v) is 4.02. The van der Waals surface area contributed by atoms with Gasteiger partial charge in [-0.05, 0) is 24.7 Å². The van der Waals surface area contributed by atoms with Crippen LogP contribution in [0.3, 0.4) is 0 Å². The highest BCUT2D eigenvalue weighted by molar-refractivity contribution is 6.20. The molecule has 0 aliphatic heterocycles. The second-order valence-electron chi connectivity index (χ2n) is 6.12. The SMILES string of the molecule is CC1CCC(C(C)(C)c2nccn2C)C(Cl)C1. The normalized spacial score (nSPS) is 30.5. The van der Waals surface area contributed by atoms with Gasteiger partial charge in [0.15, 0.2) is 0 Å². The third-order valence-corrected chi connectivity index (χ3v) is 4.84. The summed E-state index contributed by atoms with van der Waals surface area (Å²) < 4.78 is 2.13. The van der Waals surface area contributed by atoms with Gasteiger partial charge in [-0.25, -0.2) is 4.98 Å². The molecule has 0 amide bonds. The molecule has 1 aliphatic rings. The first-order valence-corrected chi connectivity index (χ1v) is 6.98. The molecule has 3 atom stereocenters. The molecule has 1 aromatic heterocycles. The van der Waals surface area contributed by atoms with Crippen molar-refractivity contribution in [1.29, 1.82) is 0 Å². The van der Waals surface area contributed by atoms with Gasteiger partial charge in [-0.1, -0.05) is 27.2 Å². The number of alkyl halides is 1. The lowest BCUT2D eigenvalue weighted by Crippen LogP contribution is -2.40. The number of hydrogen-bond acceptors (Lipinski definition) is 1. The molecule has 1 aromatic rings. The Morgan fingerprint density at radius 3 is 2.65 bits per heavy atom. The number of aromatic nitrogens is 2. The number of rotatable bonds is 2. The Kier molecular flexibility index (Phi) is 3.53. The van der Waals surface area contributed by atoms with Crippen molar-refractivity contribution >= 4 is 11.6 Å². The lowest BCUT2D eigenvalue weighted by molar-refractivity contribution is 0.197. The number of nitrogens with zero attached hydrogens (tertiary/aromatic N) is 2. The van der Waals surface area contributed by atoms with E-state index in [0.29, 0.717) is 5.92 Å². The maximum atomic E-state index is 6.59. The van der Waals surface area contributed by atoms with Crippen LogP contribution in [-0.4, -0.2) is 14.9 Å². The van der Waals surface area contributed by atoms with E-state index < -0.39 is 0 Å². The van der Waals surface area contributed by atoms with Gasteiger partial charge in [0.1, 0.15) is 5.82 Å². The molecular weight excluding hydrogens is 232 g/mol. The van der Waals surface area contributed by atoms with Crippen LogP contribution in [0.15, 0.2) is 12.4 Å². The Bertz CT molecular complexity index is 383. The van der Waals surface area contributed by atoms with Gasteiger partial charge in [0.2, 0.25) is 0 Å². The Balaban J connectivity index is 2.24. The molecule has 0 spiro atoms. The second kappa shape index (κ2) is 4.64. The molecule has 0 bridgehead atoms. The van der Waals surface area contributed by atoms with Crippen molar-refractivity contribution in [3.05, 3.63) is 18.2 Å². The molecule has 1 fully saturated rings. The highest BCUT2D eigenvalue weighted by atomic mass is 35.5. The van der Waals surface area contributed by atoms with E-state index in [9.17, 15) is 0 Å². The standard InChI is InChI=1S/C14H23ClN2/c1-10-5-6-11(12(15)9-10)14(2,3)13-16-7-8-17(13)4/h7-8,10-12H,5-6,9H2,1-4H3. The van der Waals surface area contributed by atoms with Crippen molar-refractivity contribution in [1.82, 2.24) is 9.55 Å². The minimum atomic E-state index is 0.0603. The van der Waals surface area contributed by atoms with Crippen LogP contribution in [0.4, 0.5) is 0 Å². The zero-order valence-electron chi connectivity index (χ0n) is 11.3. The average Bonchev–Trinajstić information content (AvgIpc) is 2.64. The Hall–Kier alpha value is -0.500. The van der Waals surface area contributed by atoms with E-state index in [2.05, 4.69) is 37.4 Å². The van der Waals surface area contributed by atoms with Crippen molar-refractivity contribution < 1.29 is 0 Å². The van der Waals surface area contributed by atoms with Crippen LogP contribution in [0, 0.1) is 11.8 Å². The van der Waals surface area contributed by atoms with E-state index in [1.165, 1.54) is 12.8 Å². The Labute approximate surface area is 109 Å². The Morgan fingerprint density at radius 1 is 1.41 bits per heavy atom. The molecule has 96 valence electrons. The van der Waals surface area contributed by atoms with Crippen LogP contribution < -0.4 is 0 Å². The molecule has 17 heavy (non-hydrogen) atoms. The molecule has 0 N–H and O–H groups in total. The maximum absolute atomic E-state index is 6.59. The van der Waals surface area contributed by atoms with Gasteiger partial charge < -0.3 is 4.57 Å². The summed E-state index contributed by atoms with van der Waals surface area (Å²) in [5.41, 5.74) is 0.0603. The Morgan fingerprint density at radius 2 is 2.12 bits per heavy atom. The predicted octanol–water partition coefficient (Wildman–Crippen LogP) is 3.74. The molecule has 3 heteroatoms. The van der Waals surface area contributed by atoms with Crippen molar-refractivity contribution in [2.24, 2.45) is 18.9 Å². The smallest absolute Gasteiger partial charge is 0.114 e. The minimum Gasteiger partial charge on any atom is -0.338 e. The number of hydrogen-bond donors (Lipinski definition) is 0. The van der Waals surface area contributed by atoms with E-state index >= 15 is 0 Å². The summed E-state index contributed by atoms with van der Waals surface area (Å²) in [5.74, 6) is 2.45. The molecule has 1 heterocycles. The lowest BCUT2D eigenvalue weighted by Gasteiger charge is -2.41. The van der Waals surface area contributed by atoms with E-state index in [1.807, 2.05) is 12.4 Å².